The summed E-state index contributed by atoms with van der Waals surface area (Å²) in [4.78, 5) is 10.6. The maximum Gasteiger partial charge on any atom is 0.306 e. The van der Waals surface area contributed by atoms with Gasteiger partial charge < -0.3 is 5.11 Å². The molecule has 3 atom stereocenters. The first-order valence-electron chi connectivity index (χ1n) is 4.52. The molecule has 3 unspecified atom stereocenters. The molecule has 0 heterocycles. The van der Waals surface area contributed by atoms with Gasteiger partial charge in [0.2, 0.25) is 0 Å². The highest BCUT2D eigenvalue weighted by molar-refractivity contribution is 5.71. The summed E-state index contributed by atoms with van der Waals surface area (Å²) in [5.41, 5.74) is 0. The molecule has 2 rings (SSSR count). The molecule has 2 fully saturated rings. The monoisotopic (exact) mass is 154 g/mol. The van der Waals surface area contributed by atoms with Crippen molar-refractivity contribution in [2.45, 2.75) is 32.1 Å². The van der Waals surface area contributed by atoms with Crippen molar-refractivity contribution < 1.29 is 9.90 Å². The third kappa shape index (κ3) is 1.05. The largest absolute Gasteiger partial charge is 0.481 e. The smallest absolute Gasteiger partial charge is 0.306 e. The molecular weight excluding hydrogens is 140 g/mol. The van der Waals surface area contributed by atoms with Gasteiger partial charge in [0.15, 0.2) is 0 Å². The number of carboxylic acid groups (broad SMARTS) is 1. The fraction of sp³-hybridized carbons (Fsp3) is 0.889. The molecule has 0 spiro atoms. The van der Waals surface area contributed by atoms with Gasteiger partial charge in [-0.2, -0.15) is 0 Å². The van der Waals surface area contributed by atoms with E-state index in [-0.39, 0.29) is 5.92 Å². The lowest BCUT2D eigenvalue weighted by molar-refractivity contribution is -0.152. The molecule has 1 N–H and O–H groups in total. The lowest BCUT2D eigenvalue weighted by Gasteiger charge is -2.45. The standard InChI is InChI=1S/C9H14O2/c10-9(11)8-5-6-3-1-2-4-7(6)8/h6-8H,1-5H2,(H,10,11). The van der Waals surface area contributed by atoms with Crippen LogP contribution >= 0.6 is 0 Å². The van der Waals surface area contributed by atoms with Crippen LogP contribution in [0.2, 0.25) is 0 Å². The number of hydrogen-bond donors (Lipinski definition) is 1. The Morgan fingerprint density at radius 1 is 1.27 bits per heavy atom. The summed E-state index contributed by atoms with van der Waals surface area (Å²) in [6.45, 7) is 0. The van der Waals surface area contributed by atoms with Crippen molar-refractivity contribution in [2.75, 3.05) is 0 Å². The lowest BCUT2D eigenvalue weighted by Crippen LogP contribution is -2.43. The average Bonchev–Trinajstić information content (AvgIpc) is 1.90. The highest BCUT2D eigenvalue weighted by Crippen LogP contribution is 2.49. The van der Waals surface area contributed by atoms with Gasteiger partial charge in [0.25, 0.3) is 0 Å². The van der Waals surface area contributed by atoms with Crippen molar-refractivity contribution in [2.24, 2.45) is 17.8 Å². The predicted molar refractivity (Wildman–Crippen MR) is 41.2 cm³/mol. The fourth-order valence-corrected chi connectivity index (χ4v) is 2.65. The Bertz CT molecular complexity index is 176. The van der Waals surface area contributed by atoms with E-state index in [0.717, 1.165) is 12.3 Å². The van der Waals surface area contributed by atoms with Crippen molar-refractivity contribution in [1.29, 1.82) is 0 Å². The summed E-state index contributed by atoms with van der Waals surface area (Å²) in [6.07, 6.45) is 5.99. The first-order chi connectivity index (χ1) is 5.29. The van der Waals surface area contributed by atoms with Gasteiger partial charge in [0, 0.05) is 0 Å². The van der Waals surface area contributed by atoms with Gasteiger partial charge in [-0.1, -0.05) is 19.3 Å². The Hall–Kier alpha value is -0.530. The van der Waals surface area contributed by atoms with Gasteiger partial charge in [-0.3, -0.25) is 4.79 Å². The van der Waals surface area contributed by atoms with Gasteiger partial charge in [0.05, 0.1) is 5.92 Å². The van der Waals surface area contributed by atoms with Gasteiger partial charge in [-0.05, 0) is 24.7 Å². The first-order valence-corrected chi connectivity index (χ1v) is 4.52. The Labute approximate surface area is 66.6 Å². The minimum Gasteiger partial charge on any atom is -0.481 e. The first kappa shape index (κ1) is 7.14. The molecule has 0 saturated heterocycles. The molecule has 0 amide bonds. The maximum absolute atomic E-state index is 10.6. The van der Waals surface area contributed by atoms with Crippen molar-refractivity contribution in [3.05, 3.63) is 0 Å². The third-order valence-corrected chi connectivity index (χ3v) is 3.36. The van der Waals surface area contributed by atoms with Gasteiger partial charge in [0.1, 0.15) is 0 Å². The molecule has 2 saturated carbocycles. The van der Waals surface area contributed by atoms with Gasteiger partial charge in [-0.25, -0.2) is 0 Å². The van der Waals surface area contributed by atoms with Crippen LogP contribution in [0.3, 0.4) is 0 Å². The van der Waals surface area contributed by atoms with E-state index in [4.69, 9.17) is 5.11 Å². The molecule has 0 aromatic rings. The zero-order valence-electron chi connectivity index (χ0n) is 6.62. The number of carboxylic acids is 1. The molecule has 0 aliphatic heterocycles. The van der Waals surface area contributed by atoms with Crippen molar-refractivity contribution >= 4 is 5.97 Å². The molecule has 2 heteroatoms. The summed E-state index contributed by atoms with van der Waals surface area (Å²) in [5.74, 6) is 0.763. The molecule has 0 bridgehead atoms. The molecule has 11 heavy (non-hydrogen) atoms. The summed E-state index contributed by atoms with van der Waals surface area (Å²) in [5, 5.41) is 8.77. The molecule has 0 radical (unpaired) electrons. The topological polar surface area (TPSA) is 37.3 Å². The normalized spacial score (nSPS) is 42.4. The van der Waals surface area contributed by atoms with Crippen LogP contribution in [0.25, 0.3) is 0 Å². The molecular formula is C9H14O2. The van der Waals surface area contributed by atoms with Crippen molar-refractivity contribution in [3.8, 4) is 0 Å². The second-order valence-corrected chi connectivity index (χ2v) is 3.89. The van der Waals surface area contributed by atoms with Gasteiger partial charge in [-0.15, -0.1) is 0 Å². The van der Waals surface area contributed by atoms with Crippen LogP contribution in [0, 0.1) is 17.8 Å². The second-order valence-electron chi connectivity index (χ2n) is 3.89. The minimum absolute atomic E-state index is 0.0142. The number of fused-ring (bicyclic) bond motifs is 1. The van der Waals surface area contributed by atoms with Crippen molar-refractivity contribution in [1.82, 2.24) is 0 Å². The van der Waals surface area contributed by atoms with E-state index in [9.17, 15) is 4.79 Å². The van der Waals surface area contributed by atoms with E-state index in [1.807, 2.05) is 0 Å². The van der Waals surface area contributed by atoms with E-state index in [1.165, 1.54) is 25.7 Å². The predicted octanol–water partition coefficient (Wildman–Crippen LogP) is 1.90. The zero-order valence-corrected chi connectivity index (χ0v) is 6.62. The molecule has 0 aromatic heterocycles. The van der Waals surface area contributed by atoms with E-state index in [2.05, 4.69) is 0 Å². The van der Waals surface area contributed by atoms with E-state index >= 15 is 0 Å². The number of carbonyl (C=O) groups is 1. The Morgan fingerprint density at radius 2 is 2.00 bits per heavy atom. The summed E-state index contributed by atoms with van der Waals surface area (Å²) in [6, 6.07) is 0. The van der Waals surface area contributed by atoms with Crippen LogP contribution in [-0.2, 0) is 4.79 Å². The van der Waals surface area contributed by atoms with E-state index in [0.29, 0.717) is 5.92 Å². The van der Waals surface area contributed by atoms with Crippen LogP contribution in [0.4, 0.5) is 0 Å². The van der Waals surface area contributed by atoms with Crippen molar-refractivity contribution in [3.63, 3.8) is 0 Å². The molecule has 2 aliphatic rings. The zero-order chi connectivity index (χ0) is 7.84. The van der Waals surface area contributed by atoms with Gasteiger partial charge >= 0.3 is 5.97 Å². The second kappa shape index (κ2) is 2.50. The van der Waals surface area contributed by atoms with Crippen LogP contribution in [-0.4, -0.2) is 11.1 Å². The van der Waals surface area contributed by atoms with E-state index in [1.54, 1.807) is 0 Å². The van der Waals surface area contributed by atoms with E-state index < -0.39 is 5.97 Å². The summed E-state index contributed by atoms with van der Waals surface area (Å²) < 4.78 is 0. The molecule has 2 aliphatic carbocycles. The fourth-order valence-electron chi connectivity index (χ4n) is 2.65. The highest BCUT2D eigenvalue weighted by atomic mass is 16.4. The lowest BCUT2D eigenvalue weighted by atomic mass is 9.59. The Morgan fingerprint density at radius 3 is 2.64 bits per heavy atom. The Balaban J connectivity index is 1.96. The molecule has 0 aromatic carbocycles. The number of aliphatic carboxylic acids is 1. The summed E-state index contributed by atoms with van der Waals surface area (Å²) in [7, 11) is 0. The molecule has 62 valence electrons. The van der Waals surface area contributed by atoms with Crippen LogP contribution in [0.5, 0.6) is 0 Å². The molecule has 2 nitrogen and oxygen atoms in total. The average molecular weight is 154 g/mol. The SMILES string of the molecule is O=C(O)C1CC2CCCCC21. The highest BCUT2D eigenvalue weighted by Gasteiger charge is 2.45. The number of hydrogen-bond acceptors (Lipinski definition) is 1. The van der Waals surface area contributed by atoms with Crippen LogP contribution < -0.4 is 0 Å². The Kier molecular flexibility index (Phi) is 1.63. The minimum atomic E-state index is -0.562. The maximum atomic E-state index is 10.6. The number of rotatable bonds is 1. The third-order valence-electron chi connectivity index (χ3n) is 3.36. The van der Waals surface area contributed by atoms with Crippen LogP contribution in [0.15, 0.2) is 0 Å². The summed E-state index contributed by atoms with van der Waals surface area (Å²) >= 11 is 0. The quantitative estimate of drug-likeness (QED) is 0.626. The van der Waals surface area contributed by atoms with Crippen LogP contribution in [0.1, 0.15) is 32.1 Å².